The summed E-state index contributed by atoms with van der Waals surface area (Å²) < 4.78 is 5.16. The summed E-state index contributed by atoms with van der Waals surface area (Å²) in [7, 11) is 4.04. The zero-order chi connectivity index (χ0) is 14.7. The van der Waals surface area contributed by atoms with Crippen LogP contribution in [-0.2, 0) is 11.2 Å². The van der Waals surface area contributed by atoms with Crippen LogP contribution in [0.4, 0.5) is 0 Å². The smallest absolute Gasteiger partial charge is 0.255 e. The summed E-state index contributed by atoms with van der Waals surface area (Å²) in [4.78, 5) is 25.4. The van der Waals surface area contributed by atoms with Crippen molar-refractivity contribution in [2.75, 3.05) is 14.1 Å². The topological polar surface area (TPSA) is 88.6 Å². The lowest BCUT2D eigenvalue weighted by molar-refractivity contribution is -0.117. The van der Waals surface area contributed by atoms with Gasteiger partial charge in [0.25, 0.3) is 5.91 Å². The van der Waals surface area contributed by atoms with E-state index in [1.807, 2.05) is 14.1 Å². The first-order valence-electron chi connectivity index (χ1n) is 6.81. The zero-order valence-electron chi connectivity index (χ0n) is 11.9. The third-order valence-electron chi connectivity index (χ3n) is 3.78. The van der Waals surface area contributed by atoms with Crippen LogP contribution in [0.15, 0.2) is 16.7 Å². The maximum absolute atomic E-state index is 12.3. The molecule has 1 saturated carbocycles. The number of primary amides is 1. The monoisotopic (exact) mass is 279 g/mol. The van der Waals surface area contributed by atoms with E-state index in [2.05, 4.69) is 10.2 Å². The molecule has 1 aliphatic carbocycles. The van der Waals surface area contributed by atoms with E-state index >= 15 is 0 Å². The Bertz CT molecular complexity index is 496. The average Bonchev–Trinajstić information content (AvgIpc) is 2.96. The molecule has 110 valence electrons. The molecule has 0 aliphatic heterocycles. The highest BCUT2D eigenvalue weighted by Crippen LogP contribution is 2.23. The van der Waals surface area contributed by atoms with Gasteiger partial charge in [-0.3, -0.25) is 9.59 Å². The Labute approximate surface area is 118 Å². The number of hydrogen-bond acceptors (Lipinski definition) is 4. The molecule has 3 N–H and O–H groups in total. The summed E-state index contributed by atoms with van der Waals surface area (Å²) in [6.07, 6.45) is 4.51. The number of furan rings is 1. The molecule has 2 amide bonds. The molecule has 0 bridgehead atoms. The van der Waals surface area contributed by atoms with Gasteiger partial charge in [0.15, 0.2) is 0 Å². The predicted molar refractivity (Wildman–Crippen MR) is 74.2 cm³/mol. The van der Waals surface area contributed by atoms with Crippen molar-refractivity contribution in [3.05, 3.63) is 23.7 Å². The number of amides is 2. The molecule has 1 fully saturated rings. The first-order chi connectivity index (χ1) is 9.49. The Balaban J connectivity index is 2.05. The minimum Gasteiger partial charge on any atom is -0.468 e. The van der Waals surface area contributed by atoms with Gasteiger partial charge in [-0.2, -0.15) is 0 Å². The van der Waals surface area contributed by atoms with Gasteiger partial charge in [0.2, 0.25) is 5.91 Å². The van der Waals surface area contributed by atoms with E-state index in [1.54, 1.807) is 6.07 Å². The first kappa shape index (κ1) is 14.6. The standard InChI is InChI=1S/C14H21N3O3/c1-17(2)11-5-3-4-10(11)16-14(19)9-6-7-20-12(9)8-13(15)18/h6-7,10-11H,3-5,8H2,1-2H3,(H2,15,18)(H,16,19)/t10-,11-/m1/s1. The third kappa shape index (κ3) is 3.19. The van der Waals surface area contributed by atoms with Crippen LogP contribution in [-0.4, -0.2) is 42.9 Å². The van der Waals surface area contributed by atoms with E-state index in [1.165, 1.54) is 6.26 Å². The van der Waals surface area contributed by atoms with Crippen LogP contribution in [0.2, 0.25) is 0 Å². The Morgan fingerprint density at radius 2 is 2.20 bits per heavy atom. The summed E-state index contributed by atoms with van der Waals surface area (Å²) >= 11 is 0. The summed E-state index contributed by atoms with van der Waals surface area (Å²) in [6, 6.07) is 2.06. The lowest BCUT2D eigenvalue weighted by Gasteiger charge is -2.26. The van der Waals surface area contributed by atoms with E-state index in [-0.39, 0.29) is 18.4 Å². The predicted octanol–water partition coefficient (Wildman–Crippen LogP) is 0.520. The highest BCUT2D eigenvalue weighted by molar-refractivity contribution is 5.96. The van der Waals surface area contributed by atoms with Crippen LogP contribution >= 0.6 is 0 Å². The number of carbonyl (C=O) groups is 2. The van der Waals surface area contributed by atoms with Crippen molar-refractivity contribution in [1.29, 1.82) is 0 Å². The van der Waals surface area contributed by atoms with Crippen LogP contribution in [0.25, 0.3) is 0 Å². The maximum Gasteiger partial charge on any atom is 0.255 e. The molecular formula is C14H21N3O3. The van der Waals surface area contributed by atoms with E-state index in [9.17, 15) is 9.59 Å². The number of nitrogens with zero attached hydrogens (tertiary/aromatic N) is 1. The minimum absolute atomic E-state index is 0.0580. The second-order valence-corrected chi connectivity index (χ2v) is 5.44. The molecule has 1 aliphatic rings. The Morgan fingerprint density at radius 3 is 2.85 bits per heavy atom. The summed E-state index contributed by atoms with van der Waals surface area (Å²) in [5.41, 5.74) is 5.54. The summed E-state index contributed by atoms with van der Waals surface area (Å²) in [5.74, 6) is -0.385. The lowest BCUT2D eigenvalue weighted by atomic mass is 10.1. The molecule has 2 atom stereocenters. The summed E-state index contributed by atoms with van der Waals surface area (Å²) in [6.45, 7) is 0. The van der Waals surface area contributed by atoms with Gasteiger partial charge in [-0.05, 0) is 39.4 Å². The molecule has 2 rings (SSSR count). The normalized spacial score (nSPS) is 22.1. The third-order valence-corrected chi connectivity index (χ3v) is 3.78. The fourth-order valence-corrected chi connectivity index (χ4v) is 2.81. The van der Waals surface area contributed by atoms with Crippen molar-refractivity contribution in [2.24, 2.45) is 5.73 Å². The molecule has 20 heavy (non-hydrogen) atoms. The fourth-order valence-electron chi connectivity index (χ4n) is 2.81. The molecule has 6 heteroatoms. The van der Waals surface area contributed by atoms with Crippen LogP contribution in [0, 0.1) is 0 Å². The van der Waals surface area contributed by atoms with Crippen LogP contribution in [0.5, 0.6) is 0 Å². The fraction of sp³-hybridized carbons (Fsp3) is 0.571. The van der Waals surface area contributed by atoms with Crippen LogP contribution < -0.4 is 11.1 Å². The van der Waals surface area contributed by atoms with Crippen molar-refractivity contribution < 1.29 is 14.0 Å². The van der Waals surface area contributed by atoms with Crippen molar-refractivity contribution in [1.82, 2.24) is 10.2 Å². The van der Waals surface area contributed by atoms with Gasteiger partial charge in [-0.25, -0.2) is 0 Å². The molecule has 0 saturated heterocycles. The molecule has 0 unspecified atom stereocenters. The summed E-state index contributed by atoms with van der Waals surface area (Å²) in [5, 5.41) is 3.03. The van der Waals surface area contributed by atoms with Gasteiger partial charge in [0, 0.05) is 12.1 Å². The van der Waals surface area contributed by atoms with Crippen molar-refractivity contribution in [2.45, 2.75) is 37.8 Å². The minimum atomic E-state index is -0.513. The van der Waals surface area contributed by atoms with Gasteiger partial charge in [-0.1, -0.05) is 0 Å². The van der Waals surface area contributed by atoms with E-state index in [4.69, 9.17) is 10.2 Å². The quantitative estimate of drug-likeness (QED) is 0.822. The molecule has 0 radical (unpaired) electrons. The molecule has 1 aromatic rings. The SMILES string of the molecule is CN(C)[C@@H]1CCC[C@H]1NC(=O)c1ccoc1CC(N)=O. The van der Waals surface area contributed by atoms with E-state index < -0.39 is 5.91 Å². The molecule has 0 spiro atoms. The number of nitrogens with two attached hydrogens (primary N) is 1. The number of nitrogens with one attached hydrogen (secondary N) is 1. The molecule has 1 aromatic heterocycles. The highest BCUT2D eigenvalue weighted by Gasteiger charge is 2.31. The van der Waals surface area contributed by atoms with Gasteiger partial charge in [-0.15, -0.1) is 0 Å². The second kappa shape index (κ2) is 6.09. The molecule has 0 aromatic carbocycles. The van der Waals surface area contributed by atoms with Crippen molar-refractivity contribution >= 4 is 11.8 Å². The Hall–Kier alpha value is -1.82. The van der Waals surface area contributed by atoms with Crippen LogP contribution in [0.1, 0.15) is 35.4 Å². The highest BCUT2D eigenvalue weighted by atomic mass is 16.3. The van der Waals surface area contributed by atoms with Gasteiger partial charge in [0.05, 0.1) is 18.2 Å². The molecule has 6 nitrogen and oxygen atoms in total. The van der Waals surface area contributed by atoms with E-state index in [0.29, 0.717) is 17.4 Å². The van der Waals surface area contributed by atoms with Crippen LogP contribution in [0.3, 0.4) is 0 Å². The zero-order valence-corrected chi connectivity index (χ0v) is 11.9. The number of likely N-dealkylation sites (N-methyl/N-ethyl adjacent to an activating group) is 1. The first-order valence-corrected chi connectivity index (χ1v) is 6.81. The van der Waals surface area contributed by atoms with Crippen molar-refractivity contribution in [3.63, 3.8) is 0 Å². The number of hydrogen-bond donors (Lipinski definition) is 2. The van der Waals surface area contributed by atoms with Gasteiger partial charge >= 0.3 is 0 Å². The van der Waals surface area contributed by atoms with Gasteiger partial charge < -0.3 is 20.4 Å². The maximum atomic E-state index is 12.3. The molecular weight excluding hydrogens is 258 g/mol. The average molecular weight is 279 g/mol. The number of rotatable bonds is 5. The largest absolute Gasteiger partial charge is 0.468 e. The van der Waals surface area contributed by atoms with Gasteiger partial charge in [0.1, 0.15) is 5.76 Å². The number of carbonyl (C=O) groups excluding carboxylic acids is 2. The molecule has 1 heterocycles. The van der Waals surface area contributed by atoms with E-state index in [0.717, 1.165) is 19.3 Å². The lowest BCUT2D eigenvalue weighted by Crippen LogP contribution is -2.46. The second-order valence-electron chi connectivity index (χ2n) is 5.44. The Morgan fingerprint density at radius 1 is 1.45 bits per heavy atom. The van der Waals surface area contributed by atoms with Crippen molar-refractivity contribution in [3.8, 4) is 0 Å². The Kier molecular flexibility index (Phi) is 4.44.